The quantitative estimate of drug-likeness (QED) is 0.642. The first-order valence-electron chi connectivity index (χ1n) is 8.13. The van der Waals surface area contributed by atoms with Gasteiger partial charge in [-0.2, -0.15) is 22.5 Å². The smallest absolute Gasteiger partial charge is 0.253 e. The fourth-order valence-corrected chi connectivity index (χ4v) is 3.17. The van der Waals surface area contributed by atoms with Gasteiger partial charge in [0.15, 0.2) is 0 Å². The van der Waals surface area contributed by atoms with Crippen molar-refractivity contribution < 1.29 is 27.0 Å². The zero-order chi connectivity index (χ0) is 18.7. The first-order valence-corrected chi connectivity index (χ1v) is 8.13. The van der Waals surface area contributed by atoms with Crippen LogP contribution in [0.15, 0.2) is 24.3 Å². The van der Waals surface area contributed by atoms with Gasteiger partial charge in [0.1, 0.15) is 11.4 Å². The summed E-state index contributed by atoms with van der Waals surface area (Å²) in [4.78, 5) is 2.57. The Kier molecular flexibility index (Phi) is 5.31. The van der Waals surface area contributed by atoms with Crippen molar-refractivity contribution in [3.8, 4) is 5.75 Å². The van der Waals surface area contributed by atoms with E-state index in [1.54, 1.807) is 19.2 Å². The lowest BCUT2D eigenvalue weighted by molar-refractivity contribution is 0.0543. The van der Waals surface area contributed by atoms with Gasteiger partial charge in [-0.3, -0.25) is 0 Å². The molecule has 1 aliphatic rings. The third-order valence-electron chi connectivity index (χ3n) is 4.75. The molecule has 0 saturated carbocycles. The van der Waals surface area contributed by atoms with Crippen molar-refractivity contribution in [2.75, 3.05) is 32.2 Å². The van der Waals surface area contributed by atoms with Crippen molar-refractivity contribution in [3.05, 3.63) is 53.4 Å². The summed E-state index contributed by atoms with van der Waals surface area (Å²) < 4.78 is 64.9. The molecular formula is C18H18F4N2O2. The number of nitrogens with zero attached hydrogens (tertiary/aromatic N) is 1. The minimum absolute atomic E-state index is 0.0828. The summed E-state index contributed by atoms with van der Waals surface area (Å²) in [5.74, 6) is -5.77. The molecule has 1 aliphatic heterocycles. The van der Waals surface area contributed by atoms with Gasteiger partial charge in [-0.25, -0.2) is 0 Å². The van der Waals surface area contributed by atoms with Gasteiger partial charge in [0.2, 0.25) is 11.6 Å². The van der Waals surface area contributed by atoms with Gasteiger partial charge in [-0.1, -0.05) is 12.1 Å². The minimum Gasteiger partial charge on any atom is -0.497 e. The molecule has 1 N–H and O–H groups in total. The molecule has 1 fully saturated rings. The van der Waals surface area contributed by atoms with Crippen LogP contribution in [0.4, 0.5) is 23.2 Å². The molecule has 2 heterocycles. The van der Waals surface area contributed by atoms with Crippen molar-refractivity contribution >= 4 is 5.69 Å². The number of hydrogen-bond donors (Lipinski definition) is 1. The Morgan fingerprint density at radius 3 is 2.15 bits per heavy atom. The Morgan fingerprint density at radius 2 is 1.62 bits per heavy atom. The zero-order valence-electron chi connectivity index (χ0n) is 14.1. The molecule has 0 amide bonds. The summed E-state index contributed by atoms with van der Waals surface area (Å²) in [6, 6.07) is 7.32. The van der Waals surface area contributed by atoms with Crippen LogP contribution in [0.5, 0.6) is 5.75 Å². The molecule has 4 nitrogen and oxygen atoms in total. The fraction of sp³-hybridized carbons (Fsp3) is 0.389. The number of pyridine rings is 1. The van der Waals surface area contributed by atoms with E-state index >= 15 is 0 Å². The second-order valence-electron chi connectivity index (χ2n) is 6.17. The van der Waals surface area contributed by atoms with E-state index in [-0.39, 0.29) is 6.54 Å². The Hall–Kier alpha value is -2.35. The largest absolute Gasteiger partial charge is 0.497 e. The highest BCUT2D eigenvalue weighted by molar-refractivity contribution is 5.47. The predicted octanol–water partition coefficient (Wildman–Crippen LogP) is 3.81. The van der Waals surface area contributed by atoms with Gasteiger partial charge in [0.05, 0.1) is 7.11 Å². The van der Waals surface area contributed by atoms with Gasteiger partial charge in [0.25, 0.3) is 11.9 Å². The SMILES string of the molecule is COc1ccc(C2(CNc3c(F)c(F)nc(F)c3F)CCOCC2)cc1. The zero-order valence-corrected chi connectivity index (χ0v) is 14.1. The number of hydrogen-bond acceptors (Lipinski definition) is 4. The second kappa shape index (κ2) is 7.49. The van der Waals surface area contributed by atoms with E-state index in [0.29, 0.717) is 31.8 Å². The van der Waals surface area contributed by atoms with Crippen molar-refractivity contribution in [2.45, 2.75) is 18.3 Å². The number of rotatable bonds is 5. The minimum atomic E-state index is -1.68. The third-order valence-corrected chi connectivity index (χ3v) is 4.75. The lowest BCUT2D eigenvalue weighted by Crippen LogP contribution is -2.40. The Labute approximate surface area is 148 Å². The third kappa shape index (κ3) is 3.46. The van der Waals surface area contributed by atoms with Crippen LogP contribution in [0.2, 0.25) is 0 Å². The summed E-state index contributed by atoms with van der Waals surface area (Å²) in [7, 11) is 1.55. The molecule has 26 heavy (non-hydrogen) atoms. The monoisotopic (exact) mass is 370 g/mol. The molecule has 0 unspecified atom stereocenters. The van der Waals surface area contributed by atoms with Crippen LogP contribution in [0.1, 0.15) is 18.4 Å². The van der Waals surface area contributed by atoms with Crippen LogP contribution in [0.3, 0.4) is 0 Å². The molecule has 1 saturated heterocycles. The molecule has 3 rings (SSSR count). The van der Waals surface area contributed by atoms with Gasteiger partial charge < -0.3 is 14.8 Å². The van der Waals surface area contributed by atoms with Crippen molar-refractivity contribution in [1.29, 1.82) is 0 Å². The molecule has 2 aromatic rings. The number of methoxy groups -OCH3 is 1. The molecule has 8 heteroatoms. The number of ether oxygens (including phenoxy) is 2. The standard InChI is InChI=1S/C18H18F4N2O2/c1-25-12-4-2-11(3-5-12)18(6-8-26-9-7-18)10-23-15-13(19)16(21)24-17(22)14(15)20/h2-5H,6-10H2,1H3,(H,23,24). The predicted molar refractivity (Wildman–Crippen MR) is 87.3 cm³/mol. The van der Waals surface area contributed by atoms with Crippen LogP contribution in [0.25, 0.3) is 0 Å². The van der Waals surface area contributed by atoms with Crippen molar-refractivity contribution in [3.63, 3.8) is 0 Å². The Bertz CT molecular complexity index is 752. The maximum Gasteiger partial charge on any atom is 0.253 e. The summed E-state index contributed by atoms with van der Waals surface area (Å²) in [5, 5.41) is 2.54. The van der Waals surface area contributed by atoms with Gasteiger partial charge in [-0.05, 0) is 30.5 Å². The van der Waals surface area contributed by atoms with E-state index in [2.05, 4.69) is 10.3 Å². The number of benzene rings is 1. The Morgan fingerprint density at radius 1 is 1.04 bits per heavy atom. The van der Waals surface area contributed by atoms with Crippen LogP contribution >= 0.6 is 0 Å². The molecule has 0 bridgehead atoms. The molecule has 0 radical (unpaired) electrons. The summed E-state index contributed by atoms with van der Waals surface area (Å²) >= 11 is 0. The average Bonchev–Trinajstić information content (AvgIpc) is 2.67. The van der Waals surface area contributed by atoms with E-state index < -0.39 is 34.6 Å². The van der Waals surface area contributed by atoms with E-state index in [9.17, 15) is 17.6 Å². The molecule has 1 aromatic carbocycles. The normalized spacial score (nSPS) is 16.3. The maximum atomic E-state index is 13.9. The summed E-state index contributed by atoms with van der Waals surface area (Å²) in [6.45, 7) is 1.02. The topological polar surface area (TPSA) is 43.4 Å². The number of halogens is 4. The van der Waals surface area contributed by atoms with Gasteiger partial charge in [0, 0.05) is 25.2 Å². The molecule has 0 aliphatic carbocycles. The summed E-state index contributed by atoms with van der Waals surface area (Å²) in [6.07, 6.45) is 1.18. The molecule has 0 spiro atoms. The number of nitrogens with one attached hydrogen (secondary N) is 1. The molecule has 0 atom stereocenters. The van der Waals surface area contributed by atoms with Gasteiger partial charge >= 0.3 is 0 Å². The highest BCUT2D eigenvalue weighted by Crippen LogP contribution is 2.36. The van der Waals surface area contributed by atoms with E-state index in [1.165, 1.54) is 0 Å². The van der Waals surface area contributed by atoms with E-state index in [0.717, 1.165) is 5.56 Å². The lowest BCUT2D eigenvalue weighted by Gasteiger charge is -2.38. The van der Waals surface area contributed by atoms with E-state index in [4.69, 9.17) is 9.47 Å². The Balaban J connectivity index is 1.90. The molecule has 140 valence electrons. The van der Waals surface area contributed by atoms with Crippen LogP contribution in [0, 0.1) is 23.5 Å². The molecule has 1 aromatic heterocycles. The first kappa shape index (κ1) is 18.4. The van der Waals surface area contributed by atoms with Crippen molar-refractivity contribution in [1.82, 2.24) is 4.98 Å². The van der Waals surface area contributed by atoms with Crippen LogP contribution in [-0.4, -0.2) is 31.9 Å². The average molecular weight is 370 g/mol. The van der Waals surface area contributed by atoms with Crippen molar-refractivity contribution in [2.24, 2.45) is 0 Å². The second-order valence-corrected chi connectivity index (χ2v) is 6.17. The van der Waals surface area contributed by atoms with Crippen LogP contribution < -0.4 is 10.1 Å². The number of aromatic nitrogens is 1. The van der Waals surface area contributed by atoms with Gasteiger partial charge in [-0.15, -0.1) is 0 Å². The fourth-order valence-electron chi connectivity index (χ4n) is 3.17. The first-order chi connectivity index (χ1) is 12.5. The van der Waals surface area contributed by atoms with E-state index in [1.807, 2.05) is 12.1 Å². The lowest BCUT2D eigenvalue weighted by atomic mass is 9.74. The van der Waals surface area contributed by atoms with Crippen LogP contribution in [-0.2, 0) is 10.2 Å². The number of anilines is 1. The highest BCUT2D eigenvalue weighted by Gasteiger charge is 2.35. The maximum absolute atomic E-state index is 13.9. The molecular weight excluding hydrogens is 352 g/mol. The summed E-state index contributed by atoms with van der Waals surface area (Å²) in [5.41, 5.74) is -0.432. The highest BCUT2D eigenvalue weighted by atomic mass is 19.2.